The lowest BCUT2D eigenvalue weighted by atomic mass is 9.94. The third-order valence-electron chi connectivity index (χ3n) is 8.91. The molecule has 7 rings (SSSR count). The molecule has 0 unspecified atom stereocenters. The second-order valence-corrected chi connectivity index (χ2v) is 12.7. The van der Waals surface area contributed by atoms with E-state index in [1.165, 1.54) is 11.5 Å². The Kier molecular flexibility index (Phi) is 7.83. The molecule has 0 saturated heterocycles. The molecule has 6 aromatic rings. The van der Waals surface area contributed by atoms with Gasteiger partial charge in [0.15, 0.2) is 0 Å². The third-order valence-corrected chi connectivity index (χ3v) is 9.87. The molecule has 0 bridgehead atoms. The lowest BCUT2D eigenvalue weighted by Gasteiger charge is -2.38. The van der Waals surface area contributed by atoms with Crippen LogP contribution in [0.2, 0.25) is 0 Å². The van der Waals surface area contributed by atoms with Gasteiger partial charge >= 0.3 is 0 Å². The molecule has 1 N–H and O–H groups in total. The molecule has 1 aliphatic rings. The number of aromatic nitrogens is 5. The van der Waals surface area contributed by atoms with Gasteiger partial charge in [0, 0.05) is 47.1 Å². The van der Waals surface area contributed by atoms with Crippen LogP contribution < -0.4 is 4.74 Å². The molecule has 2 aromatic carbocycles. The van der Waals surface area contributed by atoms with Crippen molar-refractivity contribution in [1.29, 1.82) is 0 Å². The molecule has 13 heteroatoms. The average Bonchev–Trinajstić information content (AvgIpc) is 3.74. The SMILES string of the molecule is C=CC(=O)N1[C@H](C)Cn2nc(-c3nc(-c4ccc5c(c4)nc(C)n5C)c4scc(F)c4c3-c3c(F)cc(F)cc3OCCO)cc2[C@@H]1C. The third kappa shape index (κ3) is 4.96. The Morgan fingerprint density at radius 3 is 2.65 bits per heavy atom. The number of ether oxygens (including phenoxy) is 1. The van der Waals surface area contributed by atoms with Crippen molar-refractivity contribution >= 4 is 38.4 Å². The molecule has 0 spiro atoms. The summed E-state index contributed by atoms with van der Waals surface area (Å²) >= 11 is 1.11. The van der Waals surface area contributed by atoms with Gasteiger partial charge in [0.25, 0.3) is 0 Å². The fourth-order valence-corrected chi connectivity index (χ4v) is 7.57. The highest BCUT2D eigenvalue weighted by Gasteiger charge is 2.35. The number of imidazole rings is 1. The number of thiophene rings is 1. The summed E-state index contributed by atoms with van der Waals surface area (Å²) in [5.41, 5.74) is 3.66. The smallest absolute Gasteiger partial charge is 0.246 e. The van der Waals surface area contributed by atoms with Gasteiger partial charge in [-0.2, -0.15) is 5.10 Å². The molecule has 9 nitrogen and oxygen atoms in total. The number of benzene rings is 2. The van der Waals surface area contributed by atoms with E-state index in [4.69, 9.17) is 14.8 Å². The summed E-state index contributed by atoms with van der Waals surface area (Å²) in [6.45, 7) is 9.02. The zero-order valence-corrected chi connectivity index (χ0v) is 27.4. The molecular formula is C35H31F3N6O3S. The van der Waals surface area contributed by atoms with Crippen LogP contribution in [0.1, 0.15) is 31.4 Å². The molecule has 2 atom stereocenters. The first-order chi connectivity index (χ1) is 23.0. The highest BCUT2D eigenvalue weighted by atomic mass is 32.1. The zero-order valence-electron chi connectivity index (χ0n) is 26.6. The minimum atomic E-state index is -0.996. The Morgan fingerprint density at radius 2 is 1.90 bits per heavy atom. The number of aliphatic hydroxyl groups is 1. The molecule has 0 radical (unpaired) electrons. The number of aryl methyl sites for hydroxylation is 2. The van der Waals surface area contributed by atoms with Crippen LogP contribution in [-0.2, 0) is 18.4 Å². The number of rotatable bonds is 7. The van der Waals surface area contributed by atoms with E-state index in [0.29, 0.717) is 40.0 Å². The highest BCUT2D eigenvalue weighted by Crippen LogP contribution is 2.48. The van der Waals surface area contributed by atoms with Crippen LogP contribution in [0.25, 0.3) is 54.9 Å². The maximum absolute atomic E-state index is 16.1. The molecule has 1 amide bonds. The molecule has 246 valence electrons. The van der Waals surface area contributed by atoms with Crippen LogP contribution in [0.4, 0.5) is 13.2 Å². The maximum atomic E-state index is 16.1. The van der Waals surface area contributed by atoms with Crippen molar-refractivity contribution < 1.29 is 27.8 Å². The van der Waals surface area contributed by atoms with Gasteiger partial charge in [-0.05, 0) is 45.0 Å². The summed E-state index contributed by atoms with van der Waals surface area (Å²) in [4.78, 5) is 24.2. The van der Waals surface area contributed by atoms with E-state index in [-0.39, 0.29) is 46.5 Å². The van der Waals surface area contributed by atoms with E-state index in [1.807, 2.05) is 50.6 Å². The number of pyridine rings is 1. The normalized spacial score (nSPS) is 16.1. The second kappa shape index (κ2) is 11.9. The van der Waals surface area contributed by atoms with Gasteiger partial charge in [-0.1, -0.05) is 12.6 Å². The van der Waals surface area contributed by atoms with Crippen molar-refractivity contribution in [3.05, 3.63) is 83.4 Å². The first-order valence-electron chi connectivity index (χ1n) is 15.3. The topological polar surface area (TPSA) is 98.3 Å². The van der Waals surface area contributed by atoms with Gasteiger partial charge in [-0.25, -0.2) is 23.1 Å². The molecule has 0 saturated carbocycles. The predicted octanol–water partition coefficient (Wildman–Crippen LogP) is 6.96. The summed E-state index contributed by atoms with van der Waals surface area (Å²) in [5.74, 6) is -2.16. The minimum absolute atomic E-state index is 0.0304. The second-order valence-electron chi connectivity index (χ2n) is 11.8. The number of amides is 1. The van der Waals surface area contributed by atoms with Gasteiger partial charge in [-0.15, -0.1) is 11.3 Å². The van der Waals surface area contributed by atoms with Gasteiger partial charge < -0.3 is 19.3 Å². The fraction of sp³-hybridized carbons (Fsp3) is 0.257. The molecule has 0 fully saturated rings. The Bertz CT molecular complexity index is 2280. The lowest BCUT2D eigenvalue weighted by Crippen LogP contribution is -2.46. The Morgan fingerprint density at radius 1 is 1.10 bits per heavy atom. The molecule has 1 aliphatic heterocycles. The zero-order chi connectivity index (χ0) is 34.0. The van der Waals surface area contributed by atoms with Gasteiger partial charge in [-0.3, -0.25) is 9.48 Å². The predicted molar refractivity (Wildman–Crippen MR) is 178 cm³/mol. The monoisotopic (exact) mass is 672 g/mol. The number of nitrogens with zero attached hydrogens (tertiary/aromatic N) is 6. The Balaban J connectivity index is 1.55. The minimum Gasteiger partial charge on any atom is -0.490 e. The standard InChI is InChI=1S/C35H31F3N6O3S/c1-6-29(46)44-17(2)15-43-27(18(44)3)14-25(41-43)34-32(30-22(37)12-21(36)13-28(30)47-10-9-45)31-23(38)16-48-35(31)33(40-34)20-7-8-26-24(11-20)39-19(4)42(26)5/h6-8,11-14,16-18,45H,1,9-10,15H2,2-5H3/t17-,18+/m1/s1. The summed E-state index contributed by atoms with van der Waals surface area (Å²) in [6, 6.07) is 8.51. The molecular weight excluding hydrogens is 641 g/mol. The summed E-state index contributed by atoms with van der Waals surface area (Å²) in [5, 5.41) is 15.7. The summed E-state index contributed by atoms with van der Waals surface area (Å²) in [6.07, 6.45) is 1.27. The molecule has 4 aromatic heterocycles. The number of carbonyl (C=O) groups is 1. The molecule has 0 aliphatic carbocycles. The summed E-state index contributed by atoms with van der Waals surface area (Å²) in [7, 11) is 1.92. The van der Waals surface area contributed by atoms with Gasteiger partial charge in [0.05, 0.1) is 51.9 Å². The van der Waals surface area contributed by atoms with Crippen LogP contribution >= 0.6 is 11.3 Å². The van der Waals surface area contributed by atoms with Crippen molar-refractivity contribution in [2.75, 3.05) is 13.2 Å². The number of halogens is 3. The van der Waals surface area contributed by atoms with Crippen LogP contribution in [0.5, 0.6) is 5.75 Å². The number of hydrogen-bond acceptors (Lipinski definition) is 7. The largest absolute Gasteiger partial charge is 0.490 e. The van der Waals surface area contributed by atoms with Gasteiger partial charge in [0.2, 0.25) is 5.91 Å². The lowest BCUT2D eigenvalue weighted by molar-refractivity contribution is -0.131. The maximum Gasteiger partial charge on any atom is 0.246 e. The van der Waals surface area contributed by atoms with E-state index in [1.54, 1.807) is 15.6 Å². The van der Waals surface area contributed by atoms with E-state index < -0.39 is 30.1 Å². The van der Waals surface area contributed by atoms with Crippen molar-refractivity contribution in [2.45, 2.75) is 39.4 Å². The molecule has 5 heterocycles. The first-order valence-corrected chi connectivity index (χ1v) is 16.2. The van der Waals surface area contributed by atoms with Crippen LogP contribution in [-0.4, -0.2) is 59.5 Å². The Hall–Kier alpha value is -5.01. The Labute approximate surface area is 277 Å². The van der Waals surface area contributed by atoms with Crippen molar-refractivity contribution in [1.82, 2.24) is 29.2 Å². The van der Waals surface area contributed by atoms with E-state index in [2.05, 4.69) is 11.6 Å². The van der Waals surface area contributed by atoms with Crippen LogP contribution in [0.3, 0.4) is 0 Å². The van der Waals surface area contributed by atoms with Crippen molar-refractivity contribution in [2.24, 2.45) is 7.05 Å². The van der Waals surface area contributed by atoms with Crippen LogP contribution in [0.15, 0.2) is 54.4 Å². The quantitative estimate of drug-likeness (QED) is 0.184. The average molecular weight is 673 g/mol. The van der Waals surface area contributed by atoms with E-state index in [9.17, 15) is 14.3 Å². The van der Waals surface area contributed by atoms with Gasteiger partial charge in [0.1, 0.15) is 47.0 Å². The first kappa shape index (κ1) is 31.6. The highest BCUT2D eigenvalue weighted by molar-refractivity contribution is 7.17. The van der Waals surface area contributed by atoms with Crippen molar-refractivity contribution in [3.63, 3.8) is 0 Å². The van der Waals surface area contributed by atoms with Crippen LogP contribution in [0, 0.1) is 24.4 Å². The number of hydrogen-bond donors (Lipinski definition) is 1. The van der Waals surface area contributed by atoms with E-state index in [0.717, 1.165) is 34.3 Å². The number of fused-ring (bicyclic) bond motifs is 3. The number of carbonyl (C=O) groups excluding carboxylic acids is 1. The molecule has 48 heavy (non-hydrogen) atoms. The summed E-state index contributed by atoms with van der Waals surface area (Å²) < 4.78 is 56.5. The number of aliphatic hydroxyl groups excluding tert-OH is 1. The van der Waals surface area contributed by atoms with E-state index >= 15 is 8.78 Å². The van der Waals surface area contributed by atoms with Crippen molar-refractivity contribution in [3.8, 4) is 39.5 Å². The fourth-order valence-electron chi connectivity index (χ4n) is 6.64.